The summed E-state index contributed by atoms with van der Waals surface area (Å²) < 4.78 is 0. The molecule has 34 heavy (non-hydrogen) atoms. The molecule has 0 spiro atoms. The molecule has 0 bridgehead atoms. The van der Waals surface area contributed by atoms with Crippen LogP contribution in [-0.4, -0.2) is 30.8 Å². The maximum Gasteiger partial charge on any atom is 0.254 e. The lowest BCUT2D eigenvalue weighted by Gasteiger charge is -2.32. The number of nitrogens with one attached hydrogen (secondary N) is 1. The number of anilines is 2. The van der Waals surface area contributed by atoms with Crippen molar-refractivity contribution in [1.29, 1.82) is 0 Å². The highest BCUT2D eigenvalue weighted by Gasteiger charge is 2.30. The quantitative estimate of drug-likeness (QED) is 0.466. The molecule has 5 nitrogen and oxygen atoms in total. The molecule has 1 aliphatic carbocycles. The van der Waals surface area contributed by atoms with Crippen molar-refractivity contribution < 1.29 is 9.59 Å². The number of hydrogen-bond acceptors (Lipinski definition) is 3. The molecule has 1 fully saturated rings. The monoisotopic (exact) mass is 455 g/mol. The Morgan fingerprint density at radius 1 is 0.971 bits per heavy atom. The maximum atomic E-state index is 13.8. The van der Waals surface area contributed by atoms with Gasteiger partial charge in [0.15, 0.2) is 0 Å². The second-order valence-electron chi connectivity index (χ2n) is 9.39. The zero-order valence-electron chi connectivity index (χ0n) is 20.4. The van der Waals surface area contributed by atoms with E-state index in [2.05, 4.69) is 24.4 Å². The van der Waals surface area contributed by atoms with Gasteiger partial charge in [-0.15, -0.1) is 0 Å². The predicted octanol–water partition coefficient (Wildman–Crippen LogP) is 5.81. The number of nitrogens with zero attached hydrogens (tertiary/aromatic N) is 2. The molecule has 176 valence electrons. The number of carbonyl (C=O) groups is 2. The molecule has 1 aliphatic rings. The van der Waals surface area contributed by atoms with Crippen LogP contribution in [-0.2, 0) is 11.3 Å². The Kier molecular flexibility index (Phi) is 7.01. The lowest BCUT2D eigenvalue weighted by atomic mass is 10.0. The van der Waals surface area contributed by atoms with Crippen molar-refractivity contribution in [3.63, 3.8) is 0 Å². The first-order valence-corrected chi connectivity index (χ1v) is 11.9. The highest BCUT2D eigenvalue weighted by Crippen LogP contribution is 2.32. The molecule has 0 saturated heterocycles. The first-order valence-electron chi connectivity index (χ1n) is 11.9. The van der Waals surface area contributed by atoms with Crippen LogP contribution in [0.3, 0.4) is 0 Å². The van der Waals surface area contributed by atoms with E-state index < -0.39 is 0 Å². The summed E-state index contributed by atoms with van der Waals surface area (Å²) >= 11 is 0. The van der Waals surface area contributed by atoms with E-state index in [1.807, 2.05) is 91.5 Å². The lowest BCUT2D eigenvalue weighted by molar-refractivity contribution is -0.117. The van der Waals surface area contributed by atoms with Crippen LogP contribution < -0.4 is 10.2 Å². The molecule has 3 aromatic rings. The first kappa shape index (κ1) is 23.6. The Morgan fingerprint density at radius 2 is 1.71 bits per heavy atom. The van der Waals surface area contributed by atoms with Crippen molar-refractivity contribution >= 4 is 23.2 Å². The van der Waals surface area contributed by atoms with Crippen LogP contribution in [0.1, 0.15) is 52.9 Å². The molecule has 4 rings (SSSR count). The third kappa shape index (κ3) is 5.48. The van der Waals surface area contributed by atoms with Crippen molar-refractivity contribution in [2.24, 2.45) is 5.92 Å². The molecule has 2 amide bonds. The average Bonchev–Trinajstić information content (AvgIpc) is 3.68. The summed E-state index contributed by atoms with van der Waals surface area (Å²) in [6, 6.07) is 23.7. The normalized spacial score (nSPS) is 13.8. The topological polar surface area (TPSA) is 52.7 Å². The summed E-state index contributed by atoms with van der Waals surface area (Å²) in [5.41, 5.74) is 5.58. The van der Waals surface area contributed by atoms with Gasteiger partial charge in [-0.25, -0.2) is 0 Å². The fraction of sp³-hybridized carbons (Fsp3) is 0.310. The second-order valence-corrected chi connectivity index (χ2v) is 9.39. The van der Waals surface area contributed by atoms with Gasteiger partial charge in [0.2, 0.25) is 5.91 Å². The summed E-state index contributed by atoms with van der Waals surface area (Å²) in [5, 5.41) is 3.05. The maximum absolute atomic E-state index is 13.8. The van der Waals surface area contributed by atoms with E-state index in [0.29, 0.717) is 12.1 Å². The molecular formula is C29H33N3O2. The Labute approximate surface area is 202 Å². The van der Waals surface area contributed by atoms with E-state index in [1.54, 1.807) is 0 Å². The Hall–Kier alpha value is -3.60. The third-order valence-electron chi connectivity index (χ3n) is 6.39. The van der Waals surface area contributed by atoms with Gasteiger partial charge in [-0.1, -0.05) is 48.0 Å². The van der Waals surface area contributed by atoms with Crippen LogP contribution in [0.15, 0.2) is 72.8 Å². The van der Waals surface area contributed by atoms with Crippen LogP contribution in [0.2, 0.25) is 0 Å². The summed E-state index contributed by atoms with van der Waals surface area (Å²) in [6.07, 6.45) is 1.92. The van der Waals surface area contributed by atoms with Crippen molar-refractivity contribution in [3.8, 4) is 0 Å². The molecule has 5 heteroatoms. The fourth-order valence-electron chi connectivity index (χ4n) is 4.24. The van der Waals surface area contributed by atoms with Gasteiger partial charge in [-0.2, -0.15) is 0 Å². The molecule has 1 saturated carbocycles. The van der Waals surface area contributed by atoms with Crippen LogP contribution in [0.4, 0.5) is 11.4 Å². The van der Waals surface area contributed by atoms with E-state index >= 15 is 0 Å². The van der Waals surface area contributed by atoms with Crippen LogP contribution in [0, 0.1) is 12.8 Å². The third-order valence-corrected chi connectivity index (χ3v) is 6.39. The van der Waals surface area contributed by atoms with Gasteiger partial charge in [0.1, 0.15) is 0 Å². The molecule has 0 radical (unpaired) electrons. The van der Waals surface area contributed by atoms with E-state index in [1.165, 1.54) is 0 Å². The Morgan fingerprint density at radius 3 is 2.35 bits per heavy atom. The number of amides is 2. The standard InChI is InChI=1S/C29H33N3O2/c1-20-9-8-12-24(17-20)29(34)32(21(2)22-10-6-5-7-11-22)19-25-18-26(15-16-27(25)31(3)4)30-28(33)23-13-14-23/h5-12,15-18,21,23H,13-14,19H2,1-4H3,(H,30,33). The zero-order chi connectivity index (χ0) is 24.2. The van der Waals surface area contributed by atoms with Crippen molar-refractivity contribution in [2.45, 2.75) is 39.3 Å². The molecule has 1 N–H and O–H groups in total. The minimum absolute atomic E-state index is 0.0165. The average molecular weight is 456 g/mol. The van der Waals surface area contributed by atoms with Gasteiger partial charge in [0, 0.05) is 43.5 Å². The van der Waals surface area contributed by atoms with Gasteiger partial charge in [-0.05, 0) is 68.1 Å². The molecular weight excluding hydrogens is 422 g/mol. The minimum Gasteiger partial charge on any atom is -0.377 e. The van der Waals surface area contributed by atoms with Gasteiger partial charge >= 0.3 is 0 Å². The van der Waals surface area contributed by atoms with E-state index in [0.717, 1.165) is 40.9 Å². The molecule has 0 aromatic heterocycles. The molecule has 0 heterocycles. The smallest absolute Gasteiger partial charge is 0.254 e. The largest absolute Gasteiger partial charge is 0.377 e. The van der Waals surface area contributed by atoms with Crippen molar-refractivity contribution in [1.82, 2.24) is 4.90 Å². The molecule has 3 aromatic carbocycles. The van der Waals surface area contributed by atoms with Gasteiger partial charge in [0.25, 0.3) is 5.91 Å². The van der Waals surface area contributed by atoms with Gasteiger partial charge in [-0.3, -0.25) is 9.59 Å². The predicted molar refractivity (Wildman–Crippen MR) is 138 cm³/mol. The number of aryl methyl sites for hydroxylation is 1. The first-order chi connectivity index (χ1) is 16.3. The van der Waals surface area contributed by atoms with E-state index in [9.17, 15) is 9.59 Å². The zero-order valence-corrected chi connectivity index (χ0v) is 20.4. The number of benzene rings is 3. The highest BCUT2D eigenvalue weighted by molar-refractivity contribution is 5.95. The van der Waals surface area contributed by atoms with Gasteiger partial charge in [0.05, 0.1) is 6.04 Å². The lowest BCUT2D eigenvalue weighted by Crippen LogP contribution is -2.34. The summed E-state index contributed by atoms with van der Waals surface area (Å²) in [4.78, 5) is 30.1. The van der Waals surface area contributed by atoms with Gasteiger partial charge < -0.3 is 15.1 Å². The Bertz CT molecular complexity index is 1170. The van der Waals surface area contributed by atoms with E-state index in [-0.39, 0.29) is 23.8 Å². The molecule has 1 atom stereocenters. The van der Waals surface area contributed by atoms with E-state index in [4.69, 9.17) is 0 Å². The SMILES string of the molecule is Cc1cccc(C(=O)N(Cc2cc(NC(=O)C3CC3)ccc2N(C)C)C(C)c2ccccc2)c1. The highest BCUT2D eigenvalue weighted by atomic mass is 16.2. The number of carbonyl (C=O) groups excluding carboxylic acids is 2. The van der Waals surface area contributed by atoms with Crippen molar-refractivity contribution in [3.05, 3.63) is 95.1 Å². The summed E-state index contributed by atoms with van der Waals surface area (Å²) in [5.74, 6) is 0.195. The number of rotatable bonds is 8. The molecule has 1 unspecified atom stereocenters. The molecule has 0 aliphatic heterocycles. The van der Waals surface area contributed by atoms with Crippen molar-refractivity contribution in [2.75, 3.05) is 24.3 Å². The minimum atomic E-state index is -0.131. The summed E-state index contributed by atoms with van der Waals surface area (Å²) in [7, 11) is 3.99. The summed E-state index contributed by atoms with van der Waals surface area (Å²) in [6.45, 7) is 4.48. The Balaban J connectivity index is 1.71. The van der Waals surface area contributed by atoms with Crippen LogP contribution in [0.5, 0.6) is 0 Å². The number of hydrogen-bond donors (Lipinski definition) is 1. The van der Waals surface area contributed by atoms with Crippen LogP contribution in [0.25, 0.3) is 0 Å². The second kappa shape index (κ2) is 10.1. The fourth-order valence-corrected chi connectivity index (χ4v) is 4.24. The van der Waals surface area contributed by atoms with Crippen LogP contribution >= 0.6 is 0 Å².